The van der Waals surface area contributed by atoms with E-state index in [1.54, 1.807) is 0 Å². The molecule has 0 bridgehead atoms. The van der Waals surface area contributed by atoms with Gasteiger partial charge < -0.3 is 10.6 Å². The smallest absolute Gasteiger partial charge is 0.171 e. The fourth-order valence-electron chi connectivity index (χ4n) is 5.28. The van der Waals surface area contributed by atoms with Crippen LogP contribution in [0.25, 0.3) is 0 Å². The Balaban J connectivity index is 1.73. The lowest BCUT2D eigenvalue weighted by atomic mass is 9.68. The Morgan fingerprint density at radius 3 is 2.26 bits per heavy atom. The summed E-state index contributed by atoms with van der Waals surface area (Å²) < 4.78 is 0. The van der Waals surface area contributed by atoms with Crippen LogP contribution >= 0.6 is 12.2 Å². The normalized spacial score (nSPS) is 25.1. The topological polar surface area (TPSA) is 24.1 Å². The van der Waals surface area contributed by atoms with Crippen LogP contribution in [0, 0.1) is 11.8 Å². The van der Waals surface area contributed by atoms with Crippen molar-refractivity contribution < 1.29 is 0 Å². The number of thiocarbonyl (C=S) groups is 1. The number of nitrogens with one attached hydrogen (secondary N) is 2. The first-order valence-electron chi connectivity index (χ1n) is 11.3. The molecule has 3 rings (SSSR count). The Kier molecular flexibility index (Phi) is 7.19. The van der Waals surface area contributed by atoms with E-state index in [-0.39, 0.29) is 0 Å². The molecule has 0 aliphatic heterocycles. The summed E-state index contributed by atoms with van der Waals surface area (Å²) in [6, 6.07) is 5.30. The van der Waals surface area contributed by atoms with E-state index >= 15 is 0 Å². The molecule has 2 N–H and O–H groups in total. The first kappa shape index (κ1) is 20.6. The Morgan fingerprint density at radius 1 is 1.00 bits per heavy atom. The van der Waals surface area contributed by atoms with Gasteiger partial charge in [-0.1, -0.05) is 71.9 Å². The average Bonchev–Trinajstić information content (AvgIpc) is 2.68. The maximum absolute atomic E-state index is 5.79. The summed E-state index contributed by atoms with van der Waals surface area (Å²) in [7, 11) is 0. The first-order valence-corrected chi connectivity index (χ1v) is 11.7. The van der Waals surface area contributed by atoms with Gasteiger partial charge in [0.05, 0.1) is 0 Å². The lowest BCUT2D eigenvalue weighted by Crippen LogP contribution is -2.47. The van der Waals surface area contributed by atoms with Gasteiger partial charge in [0, 0.05) is 11.7 Å². The van der Waals surface area contributed by atoms with Crippen LogP contribution < -0.4 is 10.6 Å². The molecule has 2 aliphatic carbocycles. The van der Waals surface area contributed by atoms with Crippen LogP contribution in [0.4, 0.5) is 5.69 Å². The Hall–Kier alpha value is -1.09. The van der Waals surface area contributed by atoms with Crippen LogP contribution in [0.5, 0.6) is 0 Å². The van der Waals surface area contributed by atoms with Gasteiger partial charge in [-0.25, -0.2) is 0 Å². The molecule has 0 aromatic heterocycles. The van der Waals surface area contributed by atoms with Gasteiger partial charge in [0.15, 0.2) is 5.11 Å². The second-order valence-corrected chi connectivity index (χ2v) is 9.33. The molecule has 0 radical (unpaired) electrons. The maximum atomic E-state index is 5.79. The van der Waals surface area contributed by atoms with Crippen molar-refractivity contribution in [1.82, 2.24) is 5.32 Å². The third-order valence-electron chi connectivity index (χ3n) is 6.88. The van der Waals surface area contributed by atoms with Gasteiger partial charge in [-0.2, -0.15) is 0 Å². The van der Waals surface area contributed by atoms with Crippen molar-refractivity contribution in [3.8, 4) is 0 Å². The molecule has 0 amide bonds. The van der Waals surface area contributed by atoms with E-state index in [9.17, 15) is 0 Å². The predicted molar refractivity (Wildman–Crippen MR) is 122 cm³/mol. The number of anilines is 1. The van der Waals surface area contributed by atoms with E-state index in [1.165, 1.54) is 67.3 Å². The average molecular weight is 387 g/mol. The standard InChI is InChI=1S/C24H38N2S/c1-5-17-14-20(16(3)4)15-18(6-2)23(17)26-24(27)25-22-13-9-11-19-10-7-8-12-21(19)22/h14-16,19,21-22H,5-13H2,1-4H3,(H2,25,26,27). The van der Waals surface area contributed by atoms with E-state index in [0.29, 0.717) is 12.0 Å². The van der Waals surface area contributed by atoms with Crippen molar-refractivity contribution in [3.05, 3.63) is 28.8 Å². The predicted octanol–water partition coefficient (Wildman–Crippen LogP) is 6.58. The Labute approximate surface area is 171 Å². The summed E-state index contributed by atoms with van der Waals surface area (Å²) in [4.78, 5) is 0. The molecule has 1 aromatic carbocycles. The third kappa shape index (κ3) is 4.85. The second-order valence-electron chi connectivity index (χ2n) is 8.92. The minimum absolute atomic E-state index is 0.560. The van der Waals surface area contributed by atoms with E-state index in [0.717, 1.165) is 29.8 Å². The molecular formula is C24H38N2S. The minimum Gasteiger partial charge on any atom is -0.359 e. The Bertz CT molecular complexity index is 625. The monoisotopic (exact) mass is 386 g/mol. The van der Waals surface area contributed by atoms with Crippen molar-refractivity contribution in [1.29, 1.82) is 0 Å². The highest BCUT2D eigenvalue weighted by Gasteiger charge is 2.35. The van der Waals surface area contributed by atoms with Gasteiger partial charge in [-0.05, 0) is 72.3 Å². The van der Waals surface area contributed by atoms with Gasteiger partial charge in [-0.3, -0.25) is 0 Å². The summed E-state index contributed by atoms with van der Waals surface area (Å²) >= 11 is 5.79. The number of aryl methyl sites for hydroxylation is 2. The molecule has 0 spiro atoms. The van der Waals surface area contributed by atoms with Crippen LogP contribution in [0.2, 0.25) is 0 Å². The van der Waals surface area contributed by atoms with E-state index < -0.39 is 0 Å². The van der Waals surface area contributed by atoms with Gasteiger partial charge in [-0.15, -0.1) is 0 Å². The number of rotatable bonds is 5. The maximum Gasteiger partial charge on any atom is 0.171 e. The van der Waals surface area contributed by atoms with E-state index in [1.807, 2.05) is 0 Å². The lowest BCUT2D eigenvalue weighted by Gasteiger charge is -2.42. The van der Waals surface area contributed by atoms with E-state index in [4.69, 9.17) is 12.2 Å². The summed E-state index contributed by atoms with van der Waals surface area (Å²) in [6.45, 7) is 9.04. The van der Waals surface area contributed by atoms with Gasteiger partial charge in [0.2, 0.25) is 0 Å². The van der Waals surface area contributed by atoms with Crippen LogP contribution in [0.1, 0.15) is 95.2 Å². The molecule has 2 aliphatic rings. The zero-order valence-corrected chi connectivity index (χ0v) is 18.6. The van der Waals surface area contributed by atoms with Crippen LogP contribution in [0.15, 0.2) is 12.1 Å². The largest absolute Gasteiger partial charge is 0.359 e. The highest BCUT2D eigenvalue weighted by atomic mass is 32.1. The van der Waals surface area contributed by atoms with Crippen molar-refractivity contribution in [2.75, 3.05) is 5.32 Å². The number of benzene rings is 1. The molecule has 2 fully saturated rings. The molecule has 3 unspecified atom stereocenters. The molecule has 0 saturated heterocycles. The number of hydrogen-bond donors (Lipinski definition) is 2. The van der Waals surface area contributed by atoms with Gasteiger partial charge >= 0.3 is 0 Å². The molecule has 3 atom stereocenters. The molecule has 2 saturated carbocycles. The summed E-state index contributed by atoms with van der Waals surface area (Å²) in [5.41, 5.74) is 5.46. The molecule has 1 aromatic rings. The minimum atomic E-state index is 0.560. The number of hydrogen-bond acceptors (Lipinski definition) is 1. The zero-order valence-electron chi connectivity index (χ0n) is 17.7. The molecular weight excluding hydrogens is 348 g/mol. The van der Waals surface area contributed by atoms with Crippen LogP contribution in [-0.2, 0) is 12.8 Å². The first-order chi connectivity index (χ1) is 13.0. The van der Waals surface area contributed by atoms with Crippen LogP contribution in [0.3, 0.4) is 0 Å². The lowest BCUT2D eigenvalue weighted by molar-refractivity contribution is 0.137. The molecule has 3 heteroatoms. The van der Waals surface area contributed by atoms with Gasteiger partial charge in [0.25, 0.3) is 0 Å². The molecule has 27 heavy (non-hydrogen) atoms. The fourth-order valence-corrected chi connectivity index (χ4v) is 5.54. The molecule has 0 heterocycles. The highest BCUT2D eigenvalue weighted by molar-refractivity contribution is 7.80. The van der Waals surface area contributed by atoms with Crippen LogP contribution in [-0.4, -0.2) is 11.2 Å². The highest BCUT2D eigenvalue weighted by Crippen LogP contribution is 2.40. The summed E-state index contributed by atoms with van der Waals surface area (Å²) in [5.74, 6) is 2.31. The third-order valence-corrected chi connectivity index (χ3v) is 7.10. The van der Waals surface area contributed by atoms with E-state index in [2.05, 4.69) is 50.5 Å². The summed E-state index contributed by atoms with van der Waals surface area (Å²) in [6.07, 6.45) is 11.8. The van der Waals surface area contributed by atoms with Crippen molar-refractivity contribution in [2.24, 2.45) is 11.8 Å². The number of fused-ring (bicyclic) bond motifs is 1. The summed E-state index contributed by atoms with van der Waals surface area (Å²) in [5, 5.41) is 8.16. The zero-order chi connectivity index (χ0) is 19.4. The Morgan fingerprint density at radius 2 is 1.63 bits per heavy atom. The van der Waals surface area contributed by atoms with Gasteiger partial charge in [0.1, 0.15) is 0 Å². The van der Waals surface area contributed by atoms with Crippen molar-refractivity contribution in [3.63, 3.8) is 0 Å². The molecule has 150 valence electrons. The second kappa shape index (κ2) is 9.41. The van der Waals surface area contributed by atoms with Crippen molar-refractivity contribution in [2.45, 2.75) is 97.4 Å². The fraction of sp³-hybridized carbons (Fsp3) is 0.708. The SMILES string of the molecule is CCc1cc(C(C)C)cc(CC)c1NC(=S)NC1CCCC2CCCCC21. The van der Waals surface area contributed by atoms with Crippen molar-refractivity contribution >= 4 is 23.0 Å². The quantitative estimate of drug-likeness (QED) is 0.559. The molecule has 2 nitrogen and oxygen atoms in total.